The first kappa shape index (κ1) is 16.8. The lowest BCUT2D eigenvalue weighted by Crippen LogP contribution is -2.46. The number of amides is 2. The SMILES string of the molecule is O=C(CN1C(=O)COc2ccccc21)N(Cc1cocn1)Cc1cocn1. The smallest absolute Gasteiger partial charge is 0.265 e. The number of carbonyl (C=O) groups excluding carboxylic acids is 2. The van der Waals surface area contributed by atoms with Crippen molar-refractivity contribution in [3.05, 3.63) is 61.0 Å². The summed E-state index contributed by atoms with van der Waals surface area (Å²) in [6.45, 7) is 0.233. The Balaban J connectivity index is 1.55. The number of para-hydroxylation sites is 2. The molecule has 1 aliphatic rings. The van der Waals surface area contributed by atoms with Crippen LogP contribution in [0, 0.1) is 0 Å². The number of oxazole rings is 2. The largest absolute Gasteiger partial charge is 0.482 e. The third kappa shape index (κ3) is 3.66. The zero-order valence-electron chi connectivity index (χ0n) is 14.3. The summed E-state index contributed by atoms with van der Waals surface area (Å²) in [5.41, 5.74) is 1.77. The zero-order chi connectivity index (χ0) is 18.6. The third-order valence-electron chi connectivity index (χ3n) is 4.13. The van der Waals surface area contributed by atoms with E-state index in [1.807, 2.05) is 6.07 Å². The van der Waals surface area contributed by atoms with Crippen molar-refractivity contribution in [2.24, 2.45) is 0 Å². The predicted molar refractivity (Wildman–Crippen MR) is 91.6 cm³/mol. The van der Waals surface area contributed by atoms with E-state index in [0.29, 0.717) is 22.8 Å². The summed E-state index contributed by atoms with van der Waals surface area (Å²) in [4.78, 5) is 36.4. The van der Waals surface area contributed by atoms with Crippen molar-refractivity contribution in [2.45, 2.75) is 13.1 Å². The van der Waals surface area contributed by atoms with Gasteiger partial charge in [0.25, 0.3) is 5.91 Å². The van der Waals surface area contributed by atoms with Crippen molar-refractivity contribution in [1.29, 1.82) is 0 Å². The minimum absolute atomic E-state index is 0.100. The van der Waals surface area contributed by atoms with Crippen LogP contribution in [0.1, 0.15) is 11.4 Å². The Bertz CT molecular complexity index is 887. The summed E-state index contributed by atoms with van der Waals surface area (Å²) in [6, 6.07) is 7.12. The number of rotatable bonds is 6. The topological polar surface area (TPSA) is 102 Å². The number of fused-ring (bicyclic) bond motifs is 1. The van der Waals surface area contributed by atoms with Gasteiger partial charge in [0.05, 0.1) is 30.2 Å². The quantitative estimate of drug-likeness (QED) is 0.651. The maximum atomic E-state index is 13.0. The number of ether oxygens (including phenoxy) is 1. The molecule has 0 spiro atoms. The highest BCUT2D eigenvalue weighted by Gasteiger charge is 2.29. The second-order valence-electron chi connectivity index (χ2n) is 5.95. The minimum atomic E-state index is -0.273. The van der Waals surface area contributed by atoms with Gasteiger partial charge in [-0.3, -0.25) is 14.5 Å². The number of anilines is 1. The van der Waals surface area contributed by atoms with Gasteiger partial charge in [0.2, 0.25) is 5.91 Å². The highest BCUT2D eigenvalue weighted by molar-refractivity contribution is 6.02. The molecule has 9 nitrogen and oxygen atoms in total. The number of hydrogen-bond acceptors (Lipinski definition) is 7. The van der Waals surface area contributed by atoms with Gasteiger partial charge in [-0.2, -0.15) is 0 Å². The van der Waals surface area contributed by atoms with Crippen LogP contribution in [0.4, 0.5) is 5.69 Å². The van der Waals surface area contributed by atoms with Gasteiger partial charge in [0, 0.05) is 0 Å². The summed E-state index contributed by atoms with van der Waals surface area (Å²) < 4.78 is 15.4. The molecule has 138 valence electrons. The molecule has 1 aliphatic heterocycles. The van der Waals surface area contributed by atoms with E-state index in [-0.39, 0.29) is 38.1 Å². The molecule has 1 aromatic carbocycles. The Morgan fingerprint density at radius 2 is 1.74 bits per heavy atom. The van der Waals surface area contributed by atoms with Crippen LogP contribution in [-0.4, -0.2) is 39.8 Å². The standard InChI is InChI=1S/C18H16N4O5/c23-17(7-22-15-3-1-2-4-16(15)27-10-18(22)24)21(5-13-8-25-11-19-13)6-14-9-26-12-20-14/h1-4,8-9,11-12H,5-7,10H2. The van der Waals surface area contributed by atoms with Crippen LogP contribution < -0.4 is 9.64 Å². The normalized spacial score (nSPS) is 13.2. The molecule has 3 heterocycles. The first-order valence-electron chi connectivity index (χ1n) is 8.25. The summed E-state index contributed by atoms with van der Waals surface area (Å²) in [5.74, 6) is 0.0420. The second kappa shape index (κ2) is 7.32. The minimum Gasteiger partial charge on any atom is -0.482 e. The molecule has 0 aliphatic carbocycles. The lowest BCUT2D eigenvalue weighted by molar-refractivity contribution is -0.133. The van der Waals surface area contributed by atoms with E-state index in [2.05, 4.69) is 9.97 Å². The fourth-order valence-corrected chi connectivity index (χ4v) is 2.82. The maximum absolute atomic E-state index is 13.0. The van der Waals surface area contributed by atoms with Crippen molar-refractivity contribution in [3.63, 3.8) is 0 Å². The number of benzene rings is 1. The molecule has 2 amide bonds. The summed E-state index contributed by atoms with van der Waals surface area (Å²) >= 11 is 0. The Hall–Kier alpha value is -3.62. The van der Waals surface area contributed by atoms with Crippen LogP contribution in [-0.2, 0) is 22.7 Å². The van der Waals surface area contributed by atoms with Gasteiger partial charge >= 0.3 is 0 Å². The van der Waals surface area contributed by atoms with Gasteiger partial charge in [-0.25, -0.2) is 9.97 Å². The Morgan fingerprint density at radius 3 is 2.37 bits per heavy atom. The second-order valence-corrected chi connectivity index (χ2v) is 5.95. The maximum Gasteiger partial charge on any atom is 0.265 e. The van der Waals surface area contributed by atoms with Gasteiger partial charge in [-0.15, -0.1) is 0 Å². The van der Waals surface area contributed by atoms with E-state index in [1.54, 1.807) is 23.1 Å². The molecule has 0 saturated heterocycles. The fraction of sp³-hybridized carbons (Fsp3) is 0.222. The molecular weight excluding hydrogens is 352 g/mol. The number of aromatic nitrogens is 2. The highest BCUT2D eigenvalue weighted by Crippen LogP contribution is 2.31. The van der Waals surface area contributed by atoms with Gasteiger partial charge < -0.3 is 18.5 Å². The van der Waals surface area contributed by atoms with Crippen LogP contribution >= 0.6 is 0 Å². The Kier molecular flexibility index (Phi) is 4.56. The van der Waals surface area contributed by atoms with Crippen LogP contribution in [0.2, 0.25) is 0 Å². The van der Waals surface area contributed by atoms with Gasteiger partial charge in [-0.1, -0.05) is 12.1 Å². The monoisotopic (exact) mass is 368 g/mol. The van der Waals surface area contributed by atoms with Crippen molar-refractivity contribution in [3.8, 4) is 5.75 Å². The average Bonchev–Trinajstić information content (AvgIpc) is 3.37. The molecule has 0 atom stereocenters. The van der Waals surface area contributed by atoms with E-state index >= 15 is 0 Å². The molecule has 3 aromatic rings. The molecule has 0 radical (unpaired) electrons. The molecule has 0 unspecified atom stereocenters. The number of nitrogens with zero attached hydrogens (tertiary/aromatic N) is 4. The van der Waals surface area contributed by atoms with Crippen molar-refractivity contribution in [1.82, 2.24) is 14.9 Å². The Morgan fingerprint density at radius 1 is 1.07 bits per heavy atom. The number of hydrogen-bond donors (Lipinski definition) is 0. The summed E-state index contributed by atoms with van der Waals surface area (Å²) in [7, 11) is 0. The van der Waals surface area contributed by atoms with E-state index in [1.165, 1.54) is 30.2 Å². The molecule has 4 rings (SSSR count). The lowest BCUT2D eigenvalue weighted by atomic mass is 10.2. The van der Waals surface area contributed by atoms with Crippen LogP contribution in [0.5, 0.6) is 5.75 Å². The van der Waals surface area contributed by atoms with E-state index in [9.17, 15) is 9.59 Å². The van der Waals surface area contributed by atoms with Crippen LogP contribution in [0.25, 0.3) is 0 Å². The van der Waals surface area contributed by atoms with Gasteiger partial charge in [0.15, 0.2) is 19.4 Å². The summed E-state index contributed by atoms with van der Waals surface area (Å²) in [6.07, 6.45) is 5.54. The third-order valence-corrected chi connectivity index (χ3v) is 4.13. The van der Waals surface area contributed by atoms with Gasteiger partial charge in [0.1, 0.15) is 24.8 Å². The van der Waals surface area contributed by atoms with Crippen molar-refractivity contribution >= 4 is 17.5 Å². The fourth-order valence-electron chi connectivity index (χ4n) is 2.82. The average molecular weight is 368 g/mol. The molecule has 0 fully saturated rings. The van der Waals surface area contributed by atoms with Crippen molar-refractivity contribution < 1.29 is 23.2 Å². The molecule has 0 bridgehead atoms. The highest BCUT2D eigenvalue weighted by atomic mass is 16.5. The number of carbonyl (C=O) groups is 2. The van der Waals surface area contributed by atoms with E-state index < -0.39 is 0 Å². The molecule has 0 N–H and O–H groups in total. The zero-order valence-corrected chi connectivity index (χ0v) is 14.3. The summed E-state index contributed by atoms with van der Waals surface area (Å²) in [5, 5.41) is 0. The molecule has 27 heavy (non-hydrogen) atoms. The molecule has 9 heteroatoms. The molecular formula is C18H16N4O5. The lowest BCUT2D eigenvalue weighted by Gasteiger charge is -2.30. The van der Waals surface area contributed by atoms with E-state index in [0.717, 1.165) is 0 Å². The molecule has 0 saturated carbocycles. The van der Waals surface area contributed by atoms with Crippen LogP contribution in [0.15, 0.2) is 58.4 Å². The molecule has 2 aromatic heterocycles. The first-order valence-corrected chi connectivity index (χ1v) is 8.25. The van der Waals surface area contributed by atoms with E-state index in [4.69, 9.17) is 13.6 Å². The van der Waals surface area contributed by atoms with Crippen LogP contribution in [0.3, 0.4) is 0 Å². The van der Waals surface area contributed by atoms with Crippen molar-refractivity contribution in [2.75, 3.05) is 18.1 Å². The first-order chi connectivity index (χ1) is 13.2. The predicted octanol–water partition coefficient (Wildman–Crippen LogP) is 1.62. The van der Waals surface area contributed by atoms with Gasteiger partial charge in [-0.05, 0) is 12.1 Å². The Labute approximate surface area is 154 Å².